The van der Waals surface area contributed by atoms with Crippen LogP contribution < -0.4 is 0 Å². The highest BCUT2D eigenvalue weighted by Gasteiger charge is 2.35. The van der Waals surface area contributed by atoms with Crippen LogP contribution in [0.5, 0.6) is 0 Å². The number of nitrogens with zero attached hydrogens (tertiary/aromatic N) is 3. The van der Waals surface area contributed by atoms with Crippen molar-refractivity contribution in [3.05, 3.63) is 53.3 Å². The van der Waals surface area contributed by atoms with E-state index in [1.165, 1.54) is 33.8 Å². The van der Waals surface area contributed by atoms with E-state index in [4.69, 9.17) is 4.74 Å². The van der Waals surface area contributed by atoms with Crippen molar-refractivity contribution in [3.63, 3.8) is 0 Å². The fourth-order valence-corrected chi connectivity index (χ4v) is 4.23. The highest BCUT2D eigenvalue weighted by Crippen LogP contribution is 2.37. The second-order valence-electron chi connectivity index (χ2n) is 10.3. The van der Waals surface area contributed by atoms with Crippen LogP contribution in [0.15, 0.2) is 36.4 Å². The van der Waals surface area contributed by atoms with Crippen molar-refractivity contribution in [1.82, 2.24) is 14.7 Å². The van der Waals surface area contributed by atoms with Crippen LogP contribution in [0.25, 0.3) is 22.2 Å². The van der Waals surface area contributed by atoms with E-state index in [1.54, 1.807) is 27.7 Å². The van der Waals surface area contributed by atoms with Crippen molar-refractivity contribution in [1.29, 1.82) is 0 Å². The molecule has 1 amide bonds. The van der Waals surface area contributed by atoms with Crippen LogP contribution in [0.1, 0.15) is 51.7 Å². The fourth-order valence-electron chi connectivity index (χ4n) is 4.23. The number of hydrogen-bond donors (Lipinski definition) is 0. The Morgan fingerprint density at radius 3 is 2.41 bits per heavy atom. The minimum atomic E-state index is -4.58. The number of ether oxygens (including phenoxy) is 1. The molecule has 1 aromatic heterocycles. The Hall–Kier alpha value is -3.43. The van der Waals surface area contributed by atoms with Crippen molar-refractivity contribution in [2.75, 3.05) is 6.54 Å². The van der Waals surface area contributed by atoms with Crippen molar-refractivity contribution < 1.29 is 31.9 Å². The third-order valence-corrected chi connectivity index (χ3v) is 6.08. The Bertz CT molecular complexity index is 1340. The lowest BCUT2D eigenvalue weighted by atomic mass is 9.98. The molecule has 3 aromatic rings. The van der Waals surface area contributed by atoms with Crippen molar-refractivity contribution in [2.24, 2.45) is 5.92 Å². The summed E-state index contributed by atoms with van der Waals surface area (Å²) in [7, 11) is 0. The summed E-state index contributed by atoms with van der Waals surface area (Å²) < 4.78 is 61.6. The smallest absolute Gasteiger partial charge is 0.416 e. The highest BCUT2D eigenvalue weighted by atomic mass is 19.4. The highest BCUT2D eigenvalue weighted by molar-refractivity contribution is 5.95. The zero-order valence-corrected chi connectivity index (χ0v) is 21.2. The maximum Gasteiger partial charge on any atom is 0.416 e. The molecule has 4 rings (SSSR count). The molecule has 0 spiro atoms. The van der Waals surface area contributed by atoms with Gasteiger partial charge in [0.15, 0.2) is 0 Å². The summed E-state index contributed by atoms with van der Waals surface area (Å²) in [6.07, 6.45) is -3.03. The van der Waals surface area contributed by atoms with Gasteiger partial charge in [0.25, 0.3) is 0 Å². The Balaban J connectivity index is 1.82. The summed E-state index contributed by atoms with van der Waals surface area (Å²) in [5, 5.41) is 4.97. The standard InChI is InChI=1S/C27H29F4N3O3/c1-5-33(25(36)16-6-7-16)14-17-12-18(27(29,30)31)8-10-20(17)24-21-11-9-19(28)13-22(21)34(32-24)15-23(35)37-26(2,3)4/h8-13,16H,5-7,14-15H2,1-4H3. The summed E-state index contributed by atoms with van der Waals surface area (Å²) in [4.78, 5) is 26.8. The Kier molecular flexibility index (Phi) is 7.05. The number of rotatable bonds is 7. The lowest BCUT2D eigenvalue weighted by Gasteiger charge is -2.23. The number of halogens is 4. The predicted octanol–water partition coefficient (Wildman–Crippen LogP) is 5.96. The fraction of sp³-hybridized carbons (Fsp3) is 0.444. The van der Waals surface area contributed by atoms with Crippen molar-refractivity contribution >= 4 is 22.8 Å². The maximum absolute atomic E-state index is 14.2. The number of benzene rings is 2. The van der Waals surface area contributed by atoms with Gasteiger partial charge in [-0.2, -0.15) is 18.3 Å². The van der Waals surface area contributed by atoms with E-state index in [9.17, 15) is 27.2 Å². The summed E-state index contributed by atoms with van der Waals surface area (Å²) in [6, 6.07) is 7.23. The molecule has 1 saturated carbocycles. The van der Waals surface area contributed by atoms with E-state index in [0.29, 0.717) is 23.0 Å². The van der Waals surface area contributed by atoms with Gasteiger partial charge in [-0.25, -0.2) is 4.39 Å². The van der Waals surface area contributed by atoms with Gasteiger partial charge in [-0.05, 0) is 76.4 Å². The van der Waals surface area contributed by atoms with Gasteiger partial charge in [0.1, 0.15) is 23.7 Å². The van der Waals surface area contributed by atoms with Gasteiger partial charge >= 0.3 is 12.1 Å². The first-order valence-corrected chi connectivity index (χ1v) is 12.1. The molecule has 6 nitrogen and oxygen atoms in total. The number of esters is 1. The van der Waals surface area contributed by atoms with E-state index in [1.807, 2.05) is 0 Å². The van der Waals surface area contributed by atoms with Crippen molar-refractivity contribution in [3.8, 4) is 11.3 Å². The first-order chi connectivity index (χ1) is 17.3. The average molecular weight is 520 g/mol. The number of hydrogen-bond acceptors (Lipinski definition) is 4. The van der Waals surface area contributed by atoms with Gasteiger partial charge < -0.3 is 9.64 Å². The summed E-state index contributed by atoms with van der Waals surface area (Å²) >= 11 is 0. The number of carbonyl (C=O) groups excluding carboxylic acids is 2. The van der Waals surface area contributed by atoms with Gasteiger partial charge in [0, 0.05) is 30.0 Å². The van der Waals surface area contributed by atoms with Gasteiger partial charge in [-0.1, -0.05) is 6.07 Å². The molecular formula is C27H29F4N3O3. The van der Waals surface area contributed by atoms with E-state index >= 15 is 0 Å². The quantitative estimate of drug-likeness (QED) is 0.285. The Labute approximate surface area is 212 Å². The van der Waals surface area contributed by atoms with Crippen LogP contribution in [0, 0.1) is 11.7 Å². The summed E-state index contributed by atoms with van der Waals surface area (Å²) in [5.41, 5.74) is -0.365. The van der Waals surface area contributed by atoms with Crippen molar-refractivity contribution in [2.45, 2.75) is 65.4 Å². The third-order valence-electron chi connectivity index (χ3n) is 6.08. The minimum absolute atomic E-state index is 0.0350. The molecule has 0 bridgehead atoms. The monoisotopic (exact) mass is 519 g/mol. The van der Waals surface area contributed by atoms with Crippen LogP contribution in [0.4, 0.5) is 17.6 Å². The Morgan fingerprint density at radius 1 is 1.11 bits per heavy atom. The van der Waals surface area contributed by atoms with Crippen LogP contribution in [-0.4, -0.2) is 38.7 Å². The number of fused-ring (bicyclic) bond motifs is 1. The molecule has 0 aliphatic heterocycles. The average Bonchev–Trinajstić information content (AvgIpc) is 3.58. The first-order valence-electron chi connectivity index (χ1n) is 12.1. The molecule has 0 radical (unpaired) electrons. The normalized spacial score (nSPS) is 14.2. The van der Waals surface area contributed by atoms with E-state index in [2.05, 4.69) is 5.10 Å². The second kappa shape index (κ2) is 9.79. The van der Waals surface area contributed by atoms with E-state index < -0.39 is 29.1 Å². The van der Waals surface area contributed by atoms with Gasteiger partial charge in [0.2, 0.25) is 5.91 Å². The lowest BCUT2D eigenvalue weighted by Crippen LogP contribution is -2.31. The maximum atomic E-state index is 14.2. The molecule has 0 atom stereocenters. The molecule has 2 aromatic carbocycles. The number of alkyl halides is 3. The van der Waals surface area contributed by atoms with E-state index in [-0.39, 0.29) is 36.2 Å². The molecule has 1 fully saturated rings. The van der Waals surface area contributed by atoms with Gasteiger partial charge in [-0.15, -0.1) is 0 Å². The molecule has 0 N–H and O–H groups in total. The SMILES string of the molecule is CCN(Cc1cc(C(F)(F)F)ccc1-c1nn(CC(=O)OC(C)(C)C)c2cc(F)ccc12)C(=O)C1CC1. The Morgan fingerprint density at radius 2 is 1.81 bits per heavy atom. The topological polar surface area (TPSA) is 64.4 Å². The molecule has 0 unspecified atom stereocenters. The molecular weight excluding hydrogens is 490 g/mol. The van der Waals surface area contributed by atoms with Crippen LogP contribution in [0.2, 0.25) is 0 Å². The number of aromatic nitrogens is 2. The second-order valence-corrected chi connectivity index (χ2v) is 10.3. The molecule has 1 aliphatic carbocycles. The van der Waals surface area contributed by atoms with Gasteiger partial charge in [0.05, 0.1) is 11.1 Å². The molecule has 37 heavy (non-hydrogen) atoms. The summed E-state index contributed by atoms with van der Waals surface area (Å²) in [6.45, 7) is 6.92. The zero-order valence-electron chi connectivity index (χ0n) is 21.2. The molecule has 0 saturated heterocycles. The lowest BCUT2D eigenvalue weighted by molar-refractivity contribution is -0.155. The molecule has 198 valence electrons. The van der Waals surface area contributed by atoms with Crippen LogP contribution in [0.3, 0.4) is 0 Å². The van der Waals surface area contributed by atoms with Gasteiger partial charge in [-0.3, -0.25) is 14.3 Å². The number of amides is 1. The first kappa shape index (κ1) is 26.6. The largest absolute Gasteiger partial charge is 0.459 e. The van der Waals surface area contributed by atoms with Crippen LogP contribution in [-0.2, 0) is 33.6 Å². The summed E-state index contributed by atoms with van der Waals surface area (Å²) in [5.74, 6) is -1.32. The minimum Gasteiger partial charge on any atom is -0.459 e. The zero-order chi connectivity index (χ0) is 27.1. The number of carbonyl (C=O) groups is 2. The molecule has 10 heteroatoms. The van der Waals surface area contributed by atoms with Crippen LogP contribution >= 0.6 is 0 Å². The third kappa shape index (κ3) is 6.11. The molecule has 1 heterocycles. The molecule has 1 aliphatic rings. The van der Waals surface area contributed by atoms with E-state index in [0.717, 1.165) is 25.0 Å². The predicted molar refractivity (Wildman–Crippen MR) is 130 cm³/mol.